The number of aromatic nitrogens is 2. The second-order valence-corrected chi connectivity index (χ2v) is 6.44. The second kappa shape index (κ2) is 6.98. The fourth-order valence-corrected chi connectivity index (χ4v) is 3.32. The van der Waals surface area contributed by atoms with E-state index in [2.05, 4.69) is 10.3 Å². The third-order valence-corrected chi connectivity index (χ3v) is 4.67. The largest absolute Gasteiger partial charge is 0.351 e. The standard InChI is InChI=1S/C17H16ClN3OS/c1-2-9-19-16(22)14-15(12-5-7-13(18)8-6-12)23-17(20-14)21-10-3-4-11-21/h3-8,10-11H,2,9H2,1H3,(H,19,22). The van der Waals surface area contributed by atoms with Crippen LogP contribution in [0.2, 0.25) is 5.02 Å². The van der Waals surface area contributed by atoms with Gasteiger partial charge in [-0.15, -0.1) is 0 Å². The van der Waals surface area contributed by atoms with Crippen LogP contribution in [-0.4, -0.2) is 22.0 Å². The van der Waals surface area contributed by atoms with Crippen molar-refractivity contribution < 1.29 is 4.79 Å². The number of carbonyl (C=O) groups is 1. The van der Waals surface area contributed by atoms with Gasteiger partial charge >= 0.3 is 0 Å². The first-order valence-corrected chi connectivity index (χ1v) is 8.57. The molecule has 1 N–H and O–H groups in total. The van der Waals surface area contributed by atoms with E-state index in [0.717, 1.165) is 22.0 Å². The third-order valence-electron chi connectivity index (χ3n) is 3.30. The van der Waals surface area contributed by atoms with Crippen molar-refractivity contribution in [2.45, 2.75) is 13.3 Å². The van der Waals surface area contributed by atoms with Crippen molar-refractivity contribution in [3.8, 4) is 15.6 Å². The minimum Gasteiger partial charge on any atom is -0.351 e. The Balaban J connectivity index is 2.04. The minimum absolute atomic E-state index is 0.147. The molecule has 23 heavy (non-hydrogen) atoms. The van der Waals surface area contributed by atoms with Crippen LogP contribution in [0.5, 0.6) is 0 Å². The maximum atomic E-state index is 12.4. The molecule has 118 valence electrons. The van der Waals surface area contributed by atoms with Crippen molar-refractivity contribution in [3.05, 3.63) is 59.5 Å². The van der Waals surface area contributed by atoms with Crippen molar-refractivity contribution in [3.63, 3.8) is 0 Å². The van der Waals surface area contributed by atoms with Crippen molar-refractivity contribution in [1.82, 2.24) is 14.9 Å². The Hall–Kier alpha value is -2.11. The van der Waals surface area contributed by atoms with Crippen LogP contribution in [0.25, 0.3) is 15.6 Å². The summed E-state index contributed by atoms with van der Waals surface area (Å²) in [4.78, 5) is 17.8. The number of nitrogens with zero attached hydrogens (tertiary/aromatic N) is 2. The number of rotatable bonds is 5. The molecule has 0 saturated carbocycles. The van der Waals surface area contributed by atoms with Gasteiger partial charge in [-0.3, -0.25) is 4.79 Å². The normalized spacial score (nSPS) is 10.7. The molecule has 4 nitrogen and oxygen atoms in total. The number of amides is 1. The van der Waals surface area contributed by atoms with Gasteiger partial charge < -0.3 is 9.88 Å². The Labute approximate surface area is 143 Å². The van der Waals surface area contributed by atoms with Gasteiger partial charge in [0.2, 0.25) is 0 Å². The summed E-state index contributed by atoms with van der Waals surface area (Å²) in [5, 5.41) is 4.33. The van der Waals surface area contributed by atoms with Crippen LogP contribution in [0, 0.1) is 0 Å². The van der Waals surface area contributed by atoms with Gasteiger partial charge in [-0.25, -0.2) is 4.98 Å². The van der Waals surface area contributed by atoms with E-state index >= 15 is 0 Å². The summed E-state index contributed by atoms with van der Waals surface area (Å²) in [7, 11) is 0. The van der Waals surface area contributed by atoms with E-state index in [1.807, 2.05) is 60.3 Å². The Kier molecular flexibility index (Phi) is 4.79. The van der Waals surface area contributed by atoms with E-state index in [4.69, 9.17) is 11.6 Å². The van der Waals surface area contributed by atoms with E-state index in [0.29, 0.717) is 17.3 Å². The van der Waals surface area contributed by atoms with Crippen molar-refractivity contribution in [1.29, 1.82) is 0 Å². The molecule has 0 atom stereocenters. The average molecular weight is 346 g/mol. The van der Waals surface area contributed by atoms with Gasteiger partial charge in [-0.1, -0.05) is 42.0 Å². The molecule has 1 aromatic carbocycles. The number of thiazole rings is 1. The lowest BCUT2D eigenvalue weighted by Gasteiger charge is -2.03. The monoisotopic (exact) mass is 345 g/mol. The van der Waals surface area contributed by atoms with Crippen LogP contribution in [-0.2, 0) is 0 Å². The fourth-order valence-electron chi connectivity index (χ4n) is 2.15. The molecule has 3 rings (SSSR count). The molecule has 0 fully saturated rings. The molecule has 3 aromatic rings. The zero-order chi connectivity index (χ0) is 16.2. The minimum atomic E-state index is -0.147. The predicted molar refractivity (Wildman–Crippen MR) is 94.5 cm³/mol. The first-order valence-electron chi connectivity index (χ1n) is 7.37. The second-order valence-electron chi connectivity index (χ2n) is 5.03. The van der Waals surface area contributed by atoms with Crippen LogP contribution >= 0.6 is 22.9 Å². The number of nitrogens with one attached hydrogen (secondary N) is 1. The number of hydrogen-bond acceptors (Lipinski definition) is 3. The Morgan fingerprint density at radius 1 is 1.26 bits per heavy atom. The maximum Gasteiger partial charge on any atom is 0.271 e. The molecule has 0 spiro atoms. The summed E-state index contributed by atoms with van der Waals surface area (Å²) in [6.45, 7) is 2.65. The summed E-state index contributed by atoms with van der Waals surface area (Å²) in [5.41, 5.74) is 1.39. The Morgan fingerprint density at radius 2 is 1.96 bits per heavy atom. The predicted octanol–water partition coefficient (Wildman–Crippen LogP) is 4.39. The Morgan fingerprint density at radius 3 is 2.61 bits per heavy atom. The van der Waals surface area contributed by atoms with Gasteiger partial charge in [0, 0.05) is 24.0 Å². The highest BCUT2D eigenvalue weighted by molar-refractivity contribution is 7.17. The molecule has 2 aromatic heterocycles. The fraction of sp³-hybridized carbons (Fsp3) is 0.176. The molecule has 0 aliphatic heterocycles. The van der Waals surface area contributed by atoms with Crippen LogP contribution in [0.15, 0.2) is 48.8 Å². The zero-order valence-corrected chi connectivity index (χ0v) is 14.2. The van der Waals surface area contributed by atoms with Gasteiger partial charge in [0.15, 0.2) is 5.13 Å². The Bertz CT molecular complexity index is 794. The number of halogens is 1. The molecule has 0 bridgehead atoms. The molecular weight excluding hydrogens is 330 g/mol. The summed E-state index contributed by atoms with van der Waals surface area (Å²) in [6, 6.07) is 11.3. The highest BCUT2D eigenvalue weighted by Gasteiger charge is 2.19. The molecule has 0 unspecified atom stereocenters. The summed E-state index contributed by atoms with van der Waals surface area (Å²) in [5.74, 6) is -0.147. The average Bonchev–Trinajstić information content (AvgIpc) is 3.22. The van der Waals surface area contributed by atoms with Gasteiger partial charge in [-0.05, 0) is 36.2 Å². The summed E-state index contributed by atoms with van der Waals surface area (Å²) >= 11 is 7.45. The molecule has 0 saturated heterocycles. The molecule has 1 amide bonds. The topological polar surface area (TPSA) is 46.9 Å². The summed E-state index contributed by atoms with van der Waals surface area (Å²) < 4.78 is 1.90. The first-order chi connectivity index (χ1) is 11.2. The van der Waals surface area contributed by atoms with Gasteiger partial charge in [0.1, 0.15) is 5.69 Å². The lowest BCUT2D eigenvalue weighted by molar-refractivity contribution is 0.0950. The lowest BCUT2D eigenvalue weighted by atomic mass is 10.1. The van der Waals surface area contributed by atoms with E-state index in [9.17, 15) is 4.79 Å². The maximum absolute atomic E-state index is 12.4. The molecule has 0 aliphatic carbocycles. The molecule has 0 aliphatic rings. The van der Waals surface area contributed by atoms with Gasteiger partial charge in [-0.2, -0.15) is 0 Å². The van der Waals surface area contributed by atoms with Gasteiger partial charge in [0.05, 0.1) is 4.88 Å². The van der Waals surface area contributed by atoms with Crippen LogP contribution in [0.4, 0.5) is 0 Å². The molecular formula is C17H16ClN3OS. The zero-order valence-electron chi connectivity index (χ0n) is 12.6. The van der Waals surface area contributed by atoms with E-state index in [-0.39, 0.29) is 5.91 Å². The highest BCUT2D eigenvalue weighted by Crippen LogP contribution is 2.33. The first kappa shape index (κ1) is 15.8. The number of benzene rings is 1. The van der Waals surface area contributed by atoms with Crippen molar-refractivity contribution in [2.75, 3.05) is 6.54 Å². The quantitative estimate of drug-likeness (QED) is 0.745. The number of carbonyl (C=O) groups excluding carboxylic acids is 1. The van der Waals surface area contributed by atoms with E-state index < -0.39 is 0 Å². The van der Waals surface area contributed by atoms with Crippen molar-refractivity contribution in [2.24, 2.45) is 0 Å². The molecule has 6 heteroatoms. The van der Waals surface area contributed by atoms with E-state index in [1.165, 1.54) is 11.3 Å². The molecule has 2 heterocycles. The highest BCUT2D eigenvalue weighted by atomic mass is 35.5. The molecule has 0 radical (unpaired) electrons. The van der Waals surface area contributed by atoms with Crippen LogP contribution < -0.4 is 5.32 Å². The summed E-state index contributed by atoms with van der Waals surface area (Å²) in [6.07, 6.45) is 4.72. The number of hydrogen-bond donors (Lipinski definition) is 1. The van der Waals surface area contributed by atoms with Gasteiger partial charge in [0.25, 0.3) is 5.91 Å². The smallest absolute Gasteiger partial charge is 0.271 e. The van der Waals surface area contributed by atoms with Crippen LogP contribution in [0.1, 0.15) is 23.8 Å². The SMILES string of the molecule is CCCNC(=O)c1nc(-n2cccc2)sc1-c1ccc(Cl)cc1. The van der Waals surface area contributed by atoms with E-state index in [1.54, 1.807) is 0 Å². The van der Waals surface area contributed by atoms with Crippen molar-refractivity contribution >= 4 is 28.8 Å². The third kappa shape index (κ3) is 3.46. The lowest BCUT2D eigenvalue weighted by Crippen LogP contribution is -2.24. The van der Waals surface area contributed by atoms with Crippen LogP contribution in [0.3, 0.4) is 0 Å².